The molecule has 2 heterocycles. The normalized spacial score (nSPS) is 17.5. The molecule has 0 aliphatic carbocycles. The lowest BCUT2D eigenvalue weighted by Gasteiger charge is -2.23. The fourth-order valence-corrected chi connectivity index (χ4v) is 5.68. The first-order valence-electron chi connectivity index (χ1n) is 10.2. The van der Waals surface area contributed by atoms with Crippen LogP contribution in [0.3, 0.4) is 0 Å². The van der Waals surface area contributed by atoms with Gasteiger partial charge in [0.2, 0.25) is 15.9 Å². The van der Waals surface area contributed by atoms with E-state index in [4.69, 9.17) is 0 Å². The third kappa shape index (κ3) is 3.85. The van der Waals surface area contributed by atoms with Crippen LogP contribution in [0.1, 0.15) is 24.2 Å². The Morgan fingerprint density at radius 1 is 1.13 bits per heavy atom. The van der Waals surface area contributed by atoms with Crippen LogP contribution in [0.15, 0.2) is 53.4 Å². The number of aryl methyl sites for hydroxylation is 2. The molecule has 1 aliphatic rings. The van der Waals surface area contributed by atoms with Crippen molar-refractivity contribution in [2.24, 2.45) is 0 Å². The fraction of sp³-hybridized carbons (Fsp3) is 0.364. The SMILES string of the molecule is Cc1ccc(S(=O)(=O)N2CCC[C@H]2C(=O)NCCn2c(C)nc3ccccc32)cc1. The minimum atomic E-state index is -3.70. The lowest BCUT2D eigenvalue weighted by atomic mass is 10.2. The number of amides is 1. The Bertz CT molecular complexity index is 1170. The van der Waals surface area contributed by atoms with Crippen molar-refractivity contribution in [2.75, 3.05) is 13.1 Å². The Morgan fingerprint density at radius 2 is 1.87 bits per heavy atom. The molecule has 8 heteroatoms. The van der Waals surface area contributed by atoms with Gasteiger partial charge in [0.25, 0.3) is 0 Å². The molecular formula is C22H26N4O3S. The Balaban J connectivity index is 1.44. The number of nitrogens with zero attached hydrogens (tertiary/aromatic N) is 3. The van der Waals surface area contributed by atoms with E-state index in [0.717, 1.165) is 22.4 Å². The molecule has 1 aliphatic heterocycles. The van der Waals surface area contributed by atoms with Crippen LogP contribution in [0.5, 0.6) is 0 Å². The van der Waals surface area contributed by atoms with Crippen molar-refractivity contribution in [2.45, 2.75) is 44.2 Å². The van der Waals surface area contributed by atoms with Crippen molar-refractivity contribution in [1.82, 2.24) is 19.2 Å². The number of carbonyl (C=O) groups is 1. The Hall–Kier alpha value is -2.71. The number of hydrogen-bond acceptors (Lipinski definition) is 4. The summed E-state index contributed by atoms with van der Waals surface area (Å²) in [6.45, 7) is 5.20. The van der Waals surface area contributed by atoms with Gasteiger partial charge in [-0.1, -0.05) is 29.8 Å². The molecule has 0 radical (unpaired) electrons. The van der Waals surface area contributed by atoms with Crippen LogP contribution in [0.4, 0.5) is 0 Å². The molecule has 0 unspecified atom stereocenters. The van der Waals surface area contributed by atoms with E-state index >= 15 is 0 Å². The topological polar surface area (TPSA) is 84.3 Å². The molecule has 158 valence electrons. The van der Waals surface area contributed by atoms with E-state index in [-0.39, 0.29) is 10.8 Å². The molecule has 7 nitrogen and oxygen atoms in total. The number of aromatic nitrogens is 2. The molecule has 0 saturated carbocycles. The number of sulfonamides is 1. The van der Waals surface area contributed by atoms with Gasteiger partial charge < -0.3 is 9.88 Å². The van der Waals surface area contributed by atoms with Crippen molar-refractivity contribution in [3.63, 3.8) is 0 Å². The molecule has 3 aromatic rings. The fourth-order valence-electron chi connectivity index (χ4n) is 4.02. The summed E-state index contributed by atoms with van der Waals surface area (Å²) in [5, 5.41) is 2.92. The molecule has 1 saturated heterocycles. The molecule has 1 N–H and O–H groups in total. The second kappa shape index (κ2) is 8.20. The van der Waals surface area contributed by atoms with Gasteiger partial charge in [-0.05, 0) is 51.0 Å². The number of benzene rings is 2. The van der Waals surface area contributed by atoms with Crippen LogP contribution < -0.4 is 5.32 Å². The minimum absolute atomic E-state index is 0.230. The van der Waals surface area contributed by atoms with Gasteiger partial charge in [0, 0.05) is 19.6 Å². The first kappa shape index (κ1) is 20.6. The average molecular weight is 427 g/mol. The molecule has 0 spiro atoms. The van der Waals surface area contributed by atoms with Crippen LogP contribution in [0.2, 0.25) is 0 Å². The summed E-state index contributed by atoms with van der Waals surface area (Å²) in [6.07, 6.45) is 1.21. The zero-order valence-corrected chi connectivity index (χ0v) is 18.0. The van der Waals surface area contributed by atoms with E-state index in [9.17, 15) is 13.2 Å². The third-order valence-corrected chi connectivity index (χ3v) is 7.54. The van der Waals surface area contributed by atoms with Crippen LogP contribution in [-0.2, 0) is 21.4 Å². The Morgan fingerprint density at radius 3 is 2.63 bits per heavy atom. The molecule has 1 amide bonds. The maximum Gasteiger partial charge on any atom is 0.243 e. The molecular weight excluding hydrogens is 400 g/mol. The lowest BCUT2D eigenvalue weighted by molar-refractivity contribution is -0.124. The van der Waals surface area contributed by atoms with E-state index in [0.29, 0.717) is 32.5 Å². The Kier molecular flexibility index (Phi) is 5.62. The number of imidazole rings is 1. The monoisotopic (exact) mass is 426 g/mol. The average Bonchev–Trinajstić information content (AvgIpc) is 3.34. The smallest absolute Gasteiger partial charge is 0.243 e. The van der Waals surface area contributed by atoms with E-state index in [1.807, 2.05) is 38.1 Å². The highest BCUT2D eigenvalue weighted by Crippen LogP contribution is 2.26. The number of hydrogen-bond donors (Lipinski definition) is 1. The van der Waals surface area contributed by atoms with E-state index in [1.165, 1.54) is 4.31 Å². The van der Waals surface area contributed by atoms with Crippen molar-refractivity contribution in [1.29, 1.82) is 0 Å². The second-order valence-corrected chi connectivity index (χ2v) is 9.57. The van der Waals surface area contributed by atoms with E-state index < -0.39 is 16.1 Å². The molecule has 4 rings (SSSR count). The number of rotatable bonds is 6. The predicted octanol–water partition coefficient (Wildman–Crippen LogP) is 2.62. The van der Waals surface area contributed by atoms with Crippen molar-refractivity contribution >= 4 is 27.0 Å². The van der Waals surface area contributed by atoms with Gasteiger partial charge in [0.05, 0.1) is 15.9 Å². The first-order valence-corrected chi connectivity index (χ1v) is 11.6. The van der Waals surface area contributed by atoms with Crippen molar-refractivity contribution in [3.05, 3.63) is 59.9 Å². The number of para-hydroxylation sites is 2. The maximum atomic E-state index is 13.0. The molecule has 1 atom stereocenters. The highest BCUT2D eigenvalue weighted by atomic mass is 32.2. The molecule has 0 bridgehead atoms. The zero-order chi connectivity index (χ0) is 21.3. The van der Waals surface area contributed by atoms with Crippen LogP contribution >= 0.6 is 0 Å². The van der Waals surface area contributed by atoms with Gasteiger partial charge in [-0.2, -0.15) is 4.31 Å². The highest BCUT2D eigenvalue weighted by Gasteiger charge is 2.39. The van der Waals surface area contributed by atoms with Gasteiger partial charge in [-0.25, -0.2) is 13.4 Å². The standard InChI is InChI=1S/C22H26N4O3S/c1-16-9-11-18(12-10-16)30(28,29)26-14-5-8-21(26)22(27)23-13-15-25-17(2)24-19-6-3-4-7-20(19)25/h3-4,6-7,9-12,21H,5,8,13-15H2,1-2H3,(H,23,27)/t21-/m0/s1. The summed E-state index contributed by atoms with van der Waals surface area (Å²) < 4.78 is 29.5. The third-order valence-electron chi connectivity index (χ3n) is 5.61. The maximum absolute atomic E-state index is 13.0. The van der Waals surface area contributed by atoms with Gasteiger partial charge >= 0.3 is 0 Å². The summed E-state index contributed by atoms with van der Waals surface area (Å²) in [5.41, 5.74) is 2.94. The van der Waals surface area contributed by atoms with E-state index in [1.54, 1.807) is 24.3 Å². The second-order valence-electron chi connectivity index (χ2n) is 7.68. The van der Waals surface area contributed by atoms with Crippen LogP contribution in [-0.4, -0.2) is 47.3 Å². The Labute approximate surface area is 176 Å². The van der Waals surface area contributed by atoms with Crippen molar-refractivity contribution in [3.8, 4) is 0 Å². The van der Waals surface area contributed by atoms with Gasteiger partial charge in [-0.15, -0.1) is 0 Å². The quantitative estimate of drug-likeness (QED) is 0.657. The number of fused-ring (bicyclic) bond motifs is 1. The summed E-state index contributed by atoms with van der Waals surface area (Å²) >= 11 is 0. The van der Waals surface area contributed by atoms with Crippen LogP contribution in [0.25, 0.3) is 11.0 Å². The van der Waals surface area contributed by atoms with Gasteiger partial charge in [0.15, 0.2) is 0 Å². The molecule has 1 aromatic heterocycles. The summed E-state index contributed by atoms with van der Waals surface area (Å²) in [4.78, 5) is 17.6. The lowest BCUT2D eigenvalue weighted by Crippen LogP contribution is -2.46. The summed E-state index contributed by atoms with van der Waals surface area (Å²) in [6, 6.07) is 14.0. The number of carbonyl (C=O) groups excluding carboxylic acids is 1. The van der Waals surface area contributed by atoms with E-state index in [2.05, 4.69) is 14.9 Å². The van der Waals surface area contributed by atoms with Gasteiger partial charge in [-0.3, -0.25) is 4.79 Å². The zero-order valence-electron chi connectivity index (χ0n) is 17.2. The molecule has 1 fully saturated rings. The summed E-state index contributed by atoms with van der Waals surface area (Å²) in [5.74, 6) is 0.639. The van der Waals surface area contributed by atoms with Crippen molar-refractivity contribution < 1.29 is 13.2 Å². The molecule has 2 aromatic carbocycles. The van der Waals surface area contributed by atoms with Gasteiger partial charge in [0.1, 0.15) is 11.9 Å². The minimum Gasteiger partial charge on any atom is -0.353 e. The highest BCUT2D eigenvalue weighted by molar-refractivity contribution is 7.89. The summed E-state index contributed by atoms with van der Waals surface area (Å²) in [7, 11) is -3.70. The van der Waals surface area contributed by atoms with Crippen LogP contribution in [0, 0.1) is 13.8 Å². The molecule has 30 heavy (non-hydrogen) atoms. The number of nitrogens with one attached hydrogen (secondary N) is 1. The predicted molar refractivity (Wildman–Crippen MR) is 116 cm³/mol. The first-order chi connectivity index (χ1) is 14.4. The largest absolute Gasteiger partial charge is 0.353 e.